The zero-order chi connectivity index (χ0) is 8.74. The van der Waals surface area contributed by atoms with Gasteiger partial charge in [-0.25, -0.2) is 0 Å². The molecule has 1 aliphatic heterocycles. The summed E-state index contributed by atoms with van der Waals surface area (Å²) in [6.07, 6.45) is 5.12. The van der Waals surface area contributed by atoms with E-state index in [0.29, 0.717) is 6.26 Å². The molecule has 0 aromatic carbocycles. The molecule has 0 amide bonds. The Labute approximate surface area is 72.3 Å². The predicted octanol–water partition coefficient (Wildman–Crippen LogP) is 1.41. The third kappa shape index (κ3) is 17.9. The average Bonchev–Trinajstić information content (AvgIpc) is 1.88. The lowest BCUT2D eigenvalue weighted by atomic mass is 10.3. The van der Waals surface area contributed by atoms with Gasteiger partial charge in [0.05, 0.1) is 6.26 Å². The largest absolute Gasteiger partial charge is 0.286 e. The molecule has 1 rings (SSSR count). The van der Waals surface area contributed by atoms with E-state index >= 15 is 0 Å². The molecule has 11 heavy (non-hydrogen) atoms. The molecule has 0 bridgehead atoms. The fourth-order valence-corrected chi connectivity index (χ4v) is 1.71. The highest BCUT2D eigenvalue weighted by atomic mass is 32.2. The minimum Gasteiger partial charge on any atom is -0.286 e. The summed E-state index contributed by atoms with van der Waals surface area (Å²) in [4.78, 5) is 0. The summed E-state index contributed by atoms with van der Waals surface area (Å²) in [6, 6.07) is 0. The minimum atomic E-state index is -3.67. The lowest BCUT2D eigenvalue weighted by Crippen LogP contribution is -1.91. The molecule has 1 heterocycles. The molecule has 1 N–H and O–H groups in total. The third-order valence-electron chi connectivity index (χ3n) is 1.08. The fourth-order valence-electron chi connectivity index (χ4n) is 0.687. The topological polar surface area (TPSA) is 54.4 Å². The molecule has 0 aliphatic carbocycles. The van der Waals surface area contributed by atoms with Crippen molar-refractivity contribution in [2.45, 2.75) is 19.3 Å². The Hall–Kier alpha value is 0.260. The van der Waals surface area contributed by atoms with Crippen LogP contribution in [0.1, 0.15) is 19.3 Å². The lowest BCUT2D eigenvalue weighted by molar-refractivity contribution is 0.490. The summed E-state index contributed by atoms with van der Waals surface area (Å²) in [5, 5.41) is 0. The smallest absolute Gasteiger partial charge is 0.261 e. The summed E-state index contributed by atoms with van der Waals surface area (Å²) >= 11 is 2.09. The van der Waals surface area contributed by atoms with Gasteiger partial charge in [-0.15, -0.1) is 0 Å². The van der Waals surface area contributed by atoms with Crippen molar-refractivity contribution in [2.75, 3.05) is 17.8 Å². The quantitative estimate of drug-likeness (QED) is 0.598. The van der Waals surface area contributed by atoms with E-state index in [9.17, 15) is 8.42 Å². The normalized spacial score (nSPS) is 18.4. The van der Waals surface area contributed by atoms with E-state index in [0.717, 1.165) is 0 Å². The van der Waals surface area contributed by atoms with Gasteiger partial charge >= 0.3 is 0 Å². The Morgan fingerprint density at radius 1 is 1.18 bits per heavy atom. The second kappa shape index (κ2) is 5.85. The molecule has 0 atom stereocenters. The third-order valence-corrected chi connectivity index (χ3v) is 2.23. The van der Waals surface area contributed by atoms with E-state index in [1.54, 1.807) is 0 Å². The van der Waals surface area contributed by atoms with Gasteiger partial charge in [-0.2, -0.15) is 20.2 Å². The molecule has 1 aliphatic rings. The van der Waals surface area contributed by atoms with E-state index in [2.05, 4.69) is 11.8 Å². The van der Waals surface area contributed by atoms with Crippen LogP contribution < -0.4 is 0 Å². The van der Waals surface area contributed by atoms with Gasteiger partial charge < -0.3 is 0 Å². The Bertz CT molecular complexity index is 151. The molecule has 3 nitrogen and oxygen atoms in total. The van der Waals surface area contributed by atoms with Crippen LogP contribution in [0.25, 0.3) is 0 Å². The molecule has 0 aromatic rings. The van der Waals surface area contributed by atoms with E-state index in [1.165, 1.54) is 30.8 Å². The number of hydrogen-bond donors (Lipinski definition) is 1. The van der Waals surface area contributed by atoms with Crippen molar-refractivity contribution < 1.29 is 13.0 Å². The second-order valence-corrected chi connectivity index (χ2v) is 5.10. The maximum absolute atomic E-state index is 9.19. The molecule has 0 saturated carbocycles. The number of thioether (sulfide) groups is 1. The summed E-state index contributed by atoms with van der Waals surface area (Å²) < 4.78 is 25.9. The van der Waals surface area contributed by atoms with Crippen LogP contribution in [-0.4, -0.2) is 30.7 Å². The SMILES string of the molecule is C1CCSCC1.CS(=O)(=O)O. The van der Waals surface area contributed by atoms with Crippen molar-refractivity contribution in [2.24, 2.45) is 0 Å². The maximum atomic E-state index is 9.19. The van der Waals surface area contributed by atoms with Crippen molar-refractivity contribution in [3.8, 4) is 0 Å². The number of rotatable bonds is 0. The van der Waals surface area contributed by atoms with Crippen LogP contribution in [0, 0.1) is 0 Å². The van der Waals surface area contributed by atoms with Gasteiger partial charge in [-0.3, -0.25) is 4.55 Å². The molecule has 5 heteroatoms. The van der Waals surface area contributed by atoms with Crippen LogP contribution in [0.15, 0.2) is 0 Å². The van der Waals surface area contributed by atoms with E-state index in [1.807, 2.05) is 0 Å². The Morgan fingerprint density at radius 3 is 1.64 bits per heavy atom. The van der Waals surface area contributed by atoms with Gasteiger partial charge in [-0.1, -0.05) is 6.42 Å². The molecule has 0 aromatic heterocycles. The monoisotopic (exact) mass is 198 g/mol. The van der Waals surface area contributed by atoms with E-state index in [4.69, 9.17) is 4.55 Å². The molecule has 0 radical (unpaired) electrons. The first kappa shape index (κ1) is 11.3. The van der Waals surface area contributed by atoms with E-state index in [-0.39, 0.29) is 0 Å². The highest BCUT2D eigenvalue weighted by molar-refractivity contribution is 7.99. The summed E-state index contributed by atoms with van der Waals surface area (Å²) in [5.41, 5.74) is 0. The van der Waals surface area contributed by atoms with Crippen LogP contribution >= 0.6 is 11.8 Å². The van der Waals surface area contributed by atoms with Crippen LogP contribution in [0.2, 0.25) is 0 Å². The molecule has 1 saturated heterocycles. The fraction of sp³-hybridized carbons (Fsp3) is 1.00. The highest BCUT2D eigenvalue weighted by Gasteiger charge is 1.95. The standard InChI is InChI=1S/C5H10S.CH4O3S/c1-2-4-6-5-3-1;1-5(2,3)4/h1-5H2;1H3,(H,2,3,4). The second-order valence-electron chi connectivity index (χ2n) is 2.41. The predicted molar refractivity (Wildman–Crippen MR) is 48.6 cm³/mol. The first-order valence-electron chi connectivity index (χ1n) is 3.50. The van der Waals surface area contributed by atoms with Crippen molar-refractivity contribution in [1.29, 1.82) is 0 Å². The van der Waals surface area contributed by atoms with Crippen LogP contribution in [0.3, 0.4) is 0 Å². The van der Waals surface area contributed by atoms with Crippen molar-refractivity contribution in [1.82, 2.24) is 0 Å². The van der Waals surface area contributed by atoms with Gasteiger partial charge in [0.1, 0.15) is 0 Å². The summed E-state index contributed by atoms with van der Waals surface area (Å²) in [7, 11) is -3.67. The lowest BCUT2D eigenvalue weighted by Gasteiger charge is -2.05. The molecule has 0 unspecified atom stereocenters. The minimum absolute atomic E-state index is 0.715. The van der Waals surface area contributed by atoms with Crippen molar-refractivity contribution in [3.63, 3.8) is 0 Å². The average molecular weight is 198 g/mol. The molecular formula is C6H14O3S2. The van der Waals surface area contributed by atoms with Gasteiger partial charge in [0.2, 0.25) is 0 Å². The van der Waals surface area contributed by atoms with E-state index < -0.39 is 10.1 Å². The van der Waals surface area contributed by atoms with Crippen LogP contribution in [-0.2, 0) is 10.1 Å². The van der Waals surface area contributed by atoms with Crippen LogP contribution in [0.4, 0.5) is 0 Å². The zero-order valence-electron chi connectivity index (χ0n) is 6.62. The first-order valence-corrected chi connectivity index (χ1v) is 6.50. The highest BCUT2D eigenvalue weighted by Crippen LogP contribution is 2.14. The van der Waals surface area contributed by atoms with Gasteiger partial charge in [-0.05, 0) is 24.3 Å². The van der Waals surface area contributed by atoms with Crippen molar-refractivity contribution >= 4 is 21.9 Å². The van der Waals surface area contributed by atoms with Crippen LogP contribution in [0.5, 0.6) is 0 Å². The van der Waals surface area contributed by atoms with Gasteiger partial charge in [0.25, 0.3) is 10.1 Å². The van der Waals surface area contributed by atoms with Gasteiger partial charge in [0, 0.05) is 0 Å². The molecule has 1 fully saturated rings. The summed E-state index contributed by atoms with van der Waals surface area (Å²) in [5.74, 6) is 2.83. The number of hydrogen-bond acceptors (Lipinski definition) is 3. The summed E-state index contributed by atoms with van der Waals surface area (Å²) in [6.45, 7) is 0. The Balaban J connectivity index is 0.000000187. The molecule has 68 valence electrons. The van der Waals surface area contributed by atoms with Crippen molar-refractivity contribution in [3.05, 3.63) is 0 Å². The Kier molecular flexibility index (Phi) is 5.99. The Morgan fingerprint density at radius 2 is 1.55 bits per heavy atom. The zero-order valence-corrected chi connectivity index (χ0v) is 8.25. The molecule has 0 spiro atoms. The first-order chi connectivity index (χ1) is 5.00. The van der Waals surface area contributed by atoms with Gasteiger partial charge in [0.15, 0.2) is 0 Å². The molecular weight excluding hydrogens is 184 g/mol. The maximum Gasteiger partial charge on any atom is 0.261 e.